The van der Waals surface area contributed by atoms with Gasteiger partial charge in [0.1, 0.15) is 11.4 Å². The number of nitrogens with one attached hydrogen (secondary N) is 1. The number of nitrogens with zero attached hydrogens (tertiary/aromatic N) is 1. The fourth-order valence-electron chi connectivity index (χ4n) is 1.97. The highest BCUT2D eigenvalue weighted by Gasteiger charge is 2.17. The van der Waals surface area contributed by atoms with E-state index in [1.807, 2.05) is 25.1 Å². The van der Waals surface area contributed by atoms with Crippen molar-refractivity contribution in [1.82, 2.24) is 0 Å². The smallest absolute Gasteiger partial charge is 0.292 e. The summed E-state index contributed by atoms with van der Waals surface area (Å²) in [5.41, 5.74) is 1.47. The summed E-state index contributed by atoms with van der Waals surface area (Å²) in [4.78, 5) is 11.5. The molecule has 0 amide bonds. The van der Waals surface area contributed by atoms with Crippen LogP contribution in [0.3, 0.4) is 0 Å². The summed E-state index contributed by atoms with van der Waals surface area (Å²) in [7, 11) is 0. The third kappa shape index (κ3) is 3.66. The molecular weight excluding hydrogens is 288 g/mol. The molecule has 0 aromatic heterocycles. The van der Waals surface area contributed by atoms with Crippen LogP contribution in [0.15, 0.2) is 47.4 Å². The monoisotopic (exact) mass is 304 g/mol. The lowest BCUT2D eigenvalue weighted by Crippen LogP contribution is -2.04. The van der Waals surface area contributed by atoms with Crippen molar-refractivity contribution in [3.05, 3.63) is 58.1 Å². The van der Waals surface area contributed by atoms with Gasteiger partial charge in [0, 0.05) is 23.3 Å². The van der Waals surface area contributed by atoms with Gasteiger partial charge in [-0.15, -0.1) is 11.8 Å². The SMILES string of the molecule is CCNc1c(CSc2ccccc2O)cccc1[N+](=O)[O-]. The Morgan fingerprint density at radius 3 is 2.67 bits per heavy atom. The lowest BCUT2D eigenvalue weighted by molar-refractivity contribution is -0.384. The summed E-state index contributed by atoms with van der Waals surface area (Å²) < 4.78 is 0. The van der Waals surface area contributed by atoms with Crippen molar-refractivity contribution in [3.8, 4) is 5.75 Å². The number of para-hydroxylation sites is 2. The highest BCUT2D eigenvalue weighted by Crippen LogP contribution is 2.35. The van der Waals surface area contributed by atoms with Crippen LogP contribution in [0.1, 0.15) is 12.5 Å². The van der Waals surface area contributed by atoms with Crippen LogP contribution < -0.4 is 5.32 Å². The maximum Gasteiger partial charge on any atom is 0.292 e. The Morgan fingerprint density at radius 1 is 1.24 bits per heavy atom. The minimum Gasteiger partial charge on any atom is -0.507 e. The van der Waals surface area contributed by atoms with E-state index in [0.29, 0.717) is 18.0 Å². The normalized spacial score (nSPS) is 10.3. The minimum atomic E-state index is -0.383. The molecule has 0 aliphatic carbocycles. The van der Waals surface area contributed by atoms with Gasteiger partial charge in [0.25, 0.3) is 5.69 Å². The molecule has 0 aliphatic heterocycles. The van der Waals surface area contributed by atoms with Crippen molar-refractivity contribution < 1.29 is 10.0 Å². The first kappa shape index (κ1) is 15.2. The number of anilines is 1. The number of hydrogen-bond acceptors (Lipinski definition) is 5. The van der Waals surface area contributed by atoms with E-state index in [0.717, 1.165) is 10.5 Å². The van der Waals surface area contributed by atoms with Gasteiger partial charge in [0.15, 0.2) is 0 Å². The van der Waals surface area contributed by atoms with E-state index in [2.05, 4.69) is 5.32 Å². The number of nitro groups is 1. The van der Waals surface area contributed by atoms with E-state index in [1.165, 1.54) is 17.8 Å². The largest absolute Gasteiger partial charge is 0.507 e. The van der Waals surface area contributed by atoms with Gasteiger partial charge in [0.2, 0.25) is 0 Å². The van der Waals surface area contributed by atoms with Crippen molar-refractivity contribution in [2.75, 3.05) is 11.9 Å². The van der Waals surface area contributed by atoms with Crippen LogP contribution in [0.5, 0.6) is 5.75 Å². The van der Waals surface area contributed by atoms with Gasteiger partial charge < -0.3 is 10.4 Å². The Kier molecular flexibility index (Phi) is 5.05. The Labute approximate surface area is 127 Å². The molecule has 6 heteroatoms. The molecule has 0 unspecified atom stereocenters. The van der Waals surface area contributed by atoms with Gasteiger partial charge in [-0.2, -0.15) is 0 Å². The molecule has 0 heterocycles. The highest BCUT2D eigenvalue weighted by atomic mass is 32.2. The summed E-state index contributed by atoms with van der Waals surface area (Å²) in [5, 5.41) is 23.9. The molecule has 0 atom stereocenters. The third-order valence-electron chi connectivity index (χ3n) is 2.93. The zero-order chi connectivity index (χ0) is 15.2. The predicted octanol–water partition coefficient (Wildman–Crippen LogP) is 4.02. The van der Waals surface area contributed by atoms with Crippen LogP contribution in [0, 0.1) is 10.1 Å². The predicted molar refractivity (Wildman–Crippen MR) is 84.9 cm³/mol. The first-order chi connectivity index (χ1) is 10.1. The lowest BCUT2D eigenvalue weighted by atomic mass is 10.1. The molecule has 5 nitrogen and oxygen atoms in total. The van der Waals surface area contributed by atoms with Crippen LogP contribution in [0.4, 0.5) is 11.4 Å². The van der Waals surface area contributed by atoms with E-state index >= 15 is 0 Å². The standard InChI is InChI=1S/C15H16N2O3S/c1-2-16-15-11(6-5-7-12(15)17(19)20)10-21-14-9-4-3-8-13(14)18/h3-9,16,18H,2,10H2,1H3. The molecule has 110 valence electrons. The average molecular weight is 304 g/mol. The van der Waals surface area contributed by atoms with E-state index in [-0.39, 0.29) is 16.4 Å². The molecule has 2 aromatic rings. The zero-order valence-electron chi connectivity index (χ0n) is 11.6. The van der Waals surface area contributed by atoms with Crippen molar-refractivity contribution in [1.29, 1.82) is 0 Å². The average Bonchev–Trinajstić information content (AvgIpc) is 2.47. The summed E-state index contributed by atoms with van der Waals surface area (Å²) >= 11 is 1.45. The summed E-state index contributed by atoms with van der Waals surface area (Å²) in [6.07, 6.45) is 0. The van der Waals surface area contributed by atoms with Crippen LogP contribution in [0.2, 0.25) is 0 Å². The van der Waals surface area contributed by atoms with Gasteiger partial charge >= 0.3 is 0 Å². The maximum atomic E-state index is 11.1. The van der Waals surface area contributed by atoms with E-state index < -0.39 is 0 Å². The first-order valence-electron chi connectivity index (χ1n) is 6.54. The molecule has 0 bridgehead atoms. The molecule has 0 spiro atoms. The van der Waals surface area contributed by atoms with Crippen molar-refractivity contribution >= 4 is 23.1 Å². The van der Waals surface area contributed by atoms with Crippen molar-refractivity contribution in [3.63, 3.8) is 0 Å². The first-order valence-corrected chi connectivity index (χ1v) is 7.53. The Balaban J connectivity index is 2.25. The second-order valence-corrected chi connectivity index (χ2v) is 5.37. The van der Waals surface area contributed by atoms with E-state index in [4.69, 9.17) is 0 Å². The number of phenols is 1. The molecule has 2 N–H and O–H groups in total. The number of nitro benzene ring substituents is 1. The molecule has 2 rings (SSSR count). The molecule has 0 fully saturated rings. The Bertz CT molecular complexity index is 647. The minimum absolute atomic E-state index is 0.0761. The number of thioether (sulfide) groups is 1. The quantitative estimate of drug-likeness (QED) is 0.479. The van der Waals surface area contributed by atoms with E-state index in [9.17, 15) is 15.2 Å². The van der Waals surface area contributed by atoms with Crippen molar-refractivity contribution in [2.45, 2.75) is 17.6 Å². The lowest BCUT2D eigenvalue weighted by Gasteiger charge is -2.11. The molecule has 21 heavy (non-hydrogen) atoms. The number of phenolic OH excluding ortho intramolecular Hbond substituents is 1. The number of rotatable bonds is 6. The maximum absolute atomic E-state index is 11.1. The van der Waals surface area contributed by atoms with Gasteiger partial charge in [0.05, 0.1) is 4.92 Å². The van der Waals surface area contributed by atoms with Crippen LogP contribution in [-0.4, -0.2) is 16.6 Å². The van der Waals surface area contributed by atoms with Gasteiger partial charge in [-0.25, -0.2) is 0 Å². The summed E-state index contributed by atoms with van der Waals surface area (Å²) in [5.74, 6) is 0.764. The molecule has 2 aromatic carbocycles. The number of benzene rings is 2. The van der Waals surface area contributed by atoms with Crippen molar-refractivity contribution in [2.24, 2.45) is 0 Å². The fourth-order valence-corrected chi connectivity index (χ4v) is 2.92. The highest BCUT2D eigenvalue weighted by molar-refractivity contribution is 7.98. The molecule has 0 saturated carbocycles. The molecule has 0 aliphatic rings. The Hall–Kier alpha value is -2.21. The van der Waals surface area contributed by atoms with Gasteiger partial charge in [-0.05, 0) is 24.6 Å². The summed E-state index contributed by atoms with van der Waals surface area (Å²) in [6.45, 7) is 2.51. The number of hydrogen-bond donors (Lipinski definition) is 2. The fraction of sp³-hybridized carbons (Fsp3) is 0.200. The van der Waals surface area contributed by atoms with Crippen LogP contribution in [-0.2, 0) is 5.75 Å². The summed E-state index contributed by atoms with van der Waals surface area (Å²) in [6, 6.07) is 12.1. The Morgan fingerprint density at radius 2 is 2.00 bits per heavy atom. The second kappa shape index (κ2) is 6.99. The molecule has 0 radical (unpaired) electrons. The van der Waals surface area contributed by atoms with Gasteiger partial charge in [-0.3, -0.25) is 10.1 Å². The third-order valence-corrected chi connectivity index (χ3v) is 4.04. The molecular formula is C15H16N2O3S. The van der Waals surface area contributed by atoms with Crippen LogP contribution >= 0.6 is 11.8 Å². The van der Waals surface area contributed by atoms with Gasteiger partial charge in [-0.1, -0.05) is 24.3 Å². The second-order valence-electron chi connectivity index (χ2n) is 4.36. The topological polar surface area (TPSA) is 75.4 Å². The number of aromatic hydroxyl groups is 1. The van der Waals surface area contributed by atoms with Crippen LogP contribution in [0.25, 0.3) is 0 Å². The molecule has 0 saturated heterocycles. The zero-order valence-corrected chi connectivity index (χ0v) is 12.4. The van der Waals surface area contributed by atoms with E-state index in [1.54, 1.807) is 18.2 Å².